The number of hydrogen-bond donors (Lipinski definition) is 1. The van der Waals surface area contributed by atoms with E-state index < -0.39 is 0 Å². The van der Waals surface area contributed by atoms with E-state index in [1.165, 1.54) is 30.4 Å². The van der Waals surface area contributed by atoms with Crippen molar-refractivity contribution in [3.05, 3.63) is 29.3 Å². The largest absolute Gasteiger partial charge is 0.497 e. The van der Waals surface area contributed by atoms with E-state index in [0.717, 1.165) is 31.9 Å². The summed E-state index contributed by atoms with van der Waals surface area (Å²) < 4.78 is 5.42. The summed E-state index contributed by atoms with van der Waals surface area (Å²) in [7, 11) is 3.43. The molecule has 5 heteroatoms. The number of nitrogens with zero attached hydrogens (tertiary/aromatic N) is 2. The molecule has 126 valence electrons. The van der Waals surface area contributed by atoms with Gasteiger partial charge in [0.1, 0.15) is 5.75 Å². The van der Waals surface area contributed by atoms with Crippen LogP contribution in [0.5, 0.6) is 5.75 Å². The fourth-order valence-corrected chi connectivity index (χ4v) is 3.77. The number of likely N-dealkylation sites (N-methyl/N-ethyl adjacent to an activating group) is 1. The van der Waals surface area contributed by atoms with Gasteiger partial charge in [-0.25, -0.2) is 0 Å². The van der Waals surface area contributed by atoms with Crippen LogP contribution >= 0.6 is 0 Å². The molecule has 0 bridgehead atoms. The number of rotatable bonds is 4. The smallest absolute Gasteiger partial charge is 0.233 e. The monoisotopic (exact) mass is 317 g/mol. The van der Waals surface area contributed by atoms with Gasteiger partial charge in [-0.3, -0.25) is 14.6 Å². The summed E-state index contributed by atoms with van der Waals surface area (Å²) in [5.74, 6) is 1.06. The van der Waals surface area contributed by atoms with Crippen molar-refractivity contribution in [2.75, 3.05) is 46.9 Å². The van der Waals surface area contributed by atoms with Crippen LogP contribution in [0.4, 0.5) is 0 Å². The van der Waals surface area contributed by atoms with E-state index in [1.807, 2.05) is 0 Å². The van der Waals surface area contributed by atoms with E-state index in [0.29, 0.717) is 12.6 Å². The lowest BCUT2D eigenvalue weighted by Crippen LogP contribution is -2.50. The van der Waals surface area contributed by atoms with Crippen molar-refractivity contribution in [1.29, 1.82) is 0 Å². The molecule has 0 saturated carbocycles. The van der Waals surface area contributed by atoms with Gasteiger partial charge in [0.25, 0.3) is 0 Å². The van der Waals surface area contributed by atoms with E-state index in [2.05, 4.69) is 33.3 Å². The summed E-state index contributed by atoms with van der Waals surface area (Å²) in [6.07, 6.45) is 3.64. The normalized spacial score (nSPS) is 22.4. The topological polar surface area (TPSA) is 44.8 Å². The second kappa shape index (κ2) is 7.32. The Hall–Kier alpha value is -1.59. The lowest BCUT2D eigenvalue weighted by molar-refractivity contribution is -0.122. The molecule has 1 aliphatic heterocycles. The summed E-state index contributed by atoms with van der Waals surface area (Å²) in [4.78, 5) is 16.3. The summed E-state index contributed by atoms with van der Waals surface area (Å²) in [5.41, 5.74) is 2.91. The average molecular weight is 317 g/mol. The van der Waals surface area contributed by atoms with E-state index in [4.69, 9.17) is 4.74 Å². The van der Waals surface area contributed by atoms with Crippen LogP contribution in [0.3, 0.4) is 0 Å². The Kier molecular flexibility index (Phi) is 5.18. The number of piperazine rings is 1. The molecule has 23 heavy (non-hydrogen) atoms. The number of carbonyl (C=O) groups is 1. The molecular weight excluding hydrogens is 290 g/mol. The summed E-state index contributed by atoms with van der Waals surface area (Å²) in [5, 5.41) is 2.70. The van der Waals surface area contributed by atoms with Crippen LogP contribution in [0.2, 0.25) is 0 Å². The van der Waals surface area contributed by atoms with Gasteiger partial charge < -0.3 is 10.1 Å². The lowest BCUT2D eigenvalue weighted by atomic mass is 9.86. The Bertz CT molecular complexity index is 553. The quantitative estimate of drug-likeness (QED) is 0.913. The molecule has 2 aliphatic rings. The number of ether oxygens (including phenoxy) is 1. The summed E-state index contributed by atoms with van der Waals surface area (Å²) >= 11 is 0. The van der Waals surface area contributed by atoms with Crippen LogP contribution in [0, 0.1) is 0 Å². The molecule has 1 aromatic carbocycles. The first kappa shape index (κ1) is 16.3. The van der Waals surface area contributed by atoms with E-state index in [-0.39, 0.29) is 5.91 Å². The maximum atomic E-state index is 11.5. The molecule has 1 aliphatic carbocycles. The van der Waals surface area contributed by atoms with Crippen LogP contribution in [-0.4, -0.2) is 62.6 Å². The van der Waals surface area contributed by atoms with Gasteiger partial charge in [-0.2, -0.15) is 0 Å². The third-order valence-electron chi connectivity index (χ3n) is 5.13. The highest BCUT2D eigenvalue weighted by atomic mass is 16.5. The minimum Gasteiger partial charge on any atom is -0.497 e. The summed E-state index contributed by atoms with van der Waals surface area (Å²) in [6, 6.07) is 7.01. The molecule has 1 amide bonds. The van der Waals surface area contributed by atoms with Crippen LogP contribution in [0.15, 0.2) is 18.2 Å². The average Bonchev–Trinajstić information content (AvgIpc) is 2.61. The number of nitrogens with one attached hydrogen (secondary N) is 1. The fraction of sp³-hybridized carbons (Fsp3) is 0.611. The molecule has 0 aromatic heterocycles. The molecule has 5 nitrogen and oxygen atoms in total. The number of fused-ring (bicyclic) bond motifs is 1. The number of methoxy groups -OCH3 is 1. The Morgan fingerprint density at radius 1 is 1.30 bits per heavy atom. The minimum absolute atomic E-state index is 0.103. The highest BCUT2D eigenvalue weighted by Gasteiger charge is 2.29. The Balaban J connectivity index is 1.67. The third kappa shape index (κ3) is 3.67. The second-order valence-corrected chi connectivity index (χ2v) is 6.46. The van der Waals surface area contributed by atoms with Crippen molar-refractivity contribution in [2.45, 2.75) is 25.3 Å². The second-order valence-electron chi connectivity index (χ2n) is 6.46. The highest BCUT2D eigenvalue weighted by molar-refractivity contribution is 5.77. The zero-order valence-electron chi connectivity index (χ0n) is 14.2. The standard InChI is InChI=1S/C18H27N3O2/c1-19-18(22)13-20-8-10-21(11-9-20)17-5-3-4-14-6-7-15(23-2)12-16(14)17/h6-7,12,17H,3-5,8-11,13H2,1-2H3,(H,19,22). The zero-order chi connectivity index (χ0) is 16.2. The van der Waals surface area contributed by atoms with Crippen molar-refractivity contribution in [2.24, 2.45) is 0 Å². The van der Waals surface area contributed by atoms with Crippen LogP contribution in [0.1, 0.15) is 30.0 Å². The molecule has 1 N–H and O–H groups in total. The van der Waals surface area contributed by atoms with Gasteiger partial charge in [0.05, 0.1) is 13.7 Å². The Morgan fingerprint density at radius 2 is 2.09 bits per heavy atom. The zero-order valence-corrected chi connectivity index (χ0v) is 14.2. The van der Waals surface area contributed by atoms with Gasteiger partial charge in [0, 0.05) is 39.3 Å². The van der Waals surface area contributed by atoms with E-state index in [9.17, 15) is 4.79 Å². The highest BCUT2D eigenvalue weighted by Crippen LogP contribution is 2.36. The van der Waals surface area contributed by atoms with Gasteiger partial charge in [-0.05, 0) is 42.5 Å². The molecule has 1 atom stereocenters. The van der Waals surface area contributed by atoms with Gasteiger partial charge in [-0.1, -0.05) is 6.07 Å². The number of carbonyl (C=O) groups excluding carboxylic acids is 1. The first-order valence-corrected chi connectivity index (χ1v) is 8.55. The van der Waals surface area contributed by atoms with Crippen LogP contribution in [-0.2, 0) is 11.2 Å². The fourth-order valence-electron chi connectivity index (χ4n) is 3.77. The van der Waals surface area contributed by atoms with Crippen molar-refractivity contribution >= 4 is 5.91 Å². The number of benzene rings is 1. The number of hydrogen-bond acceptors (Lipinski definition) is 4. The SMILES string of the molecule is CNC(=O)CN1CCN(C2CCCc3ccc(OC)cc32)CC1. The van der Waals surface area contributed by atoms with Gasteiger partial charge in [0.2, 0.25) is 5.91 Å². The Labute approximate surface area is 138 Å². The third-order valence-corrected chi connectivity index (χ3v) is 5.13. The van der Waals surface area contributed by atoms with Crippen LogP contribution < -0.4 is 10.1 Å². The maximum Gasteiger partial charge on any atom is 0.233 e. The van der Waals surface area contributed by atoms with Crippen molar-refractivity contribution < 1.29 is 9.53 Å². The Morgan fingerprint density at radius 3 is 2.78 bits per heavy atom. The van der Waals surface area contributed by atoms with Gasteiger partial charge >= 0.3 is 0 Å². The van der Waals surface area contributed by atoms with Crippen LogP contribution in [0.25, 0.3) is 0 Å². The maximum absolute atomic E-state index is 11.5. The predicted octanol–water partition coefficient (Wildman–Crippen LogP) is 1.44. The number of amides is 1. The first-order chi connectivity index (χ1) is 11.2. The summed E-state index contributed by atoms with van der Waals surface area (Å²) in [6.45, 7) is 4.49. The molecule has 1 unspecified atom stereocenters. The molecule has 1 fully saturated rings. The first-order valence-electron chi connectivity index (χ1n) is 8.55. The lowest BCUT2D eigenvalue weighted by Gasteiger charge is -2.41. The molecule has 0 spiro atoms. The molecule has 0 radical (unpaired) electrons. The molecule has 3 rings (SSSR count). The van der Waals surface area contributed by atoms with Gasteiger partial charge in [-0.15, -0.1) is 0 Å². The molecule has 1 aromatic rings. The van der Waals surface area contributed by atoms with E-state index in [1.54, 1.807) is 14.2 Å². The van der Waals surface area contributed by atoms with Gasteiger partial charge in [0.15, 0.2) is 0 Å². The van der Waals surface area contributed by atoms with E-state index >= 15 is 0 Å². The molecule has 1 saturated heterocycles. The van der Waals surface area contributed by atoms with Crippen molar-refractivity contribution in [3.63, 3.8) is 0 Å². The van der Waals surface area contributed by atoms with Crippen molar-refractivity contribution in [3.8, 4) is 5.75 Å². The molecule has 1 heterocycles. The molecular formula is C18H27N3O2. The minimum atomic E-state index is 0.103. The number of aryl methyl sites for hydroxylation is 1. The van der Waals surface area contributed by atoms with Crippen molar-refractivity contribution in [1.82, 2.24) is 15.1 Å². The predicted molar refractivity (Wildman–Crippen MR) is 90.8 cm³/mol.